The third kappa shape index (κ3) is 4.66. The molecular weight excluding hydrogens is 254 g/mol. The first-order valence-corrected chi connectivity index (χ1v) is 7.02. The van der Waals surface area contributed by atoms with Crippen molar-refractivity contribution >= 4 is 11.8 Å². The number of rotatable bonds is 7. The number of carbonyl (C=O) groups excluding carboxylic acids is 2. The van der Waals surface area contributed by atoms with Crippen LogP contribution in [0.2, 0.25) is 0 Å². The standard InChI is InChI=1S/C15H21N3O2/c16-13(10-11-4-2-1-3-5-11)15(20)18-9-8-17-14(19)12-6-7-12/h1-5,12-13H,6-10,16H2,(H,17,19)(H,18,20)/t13-/m1/s1. The van der Waals surface area contributed by atoms with Crippen LogP contribution in [-0.2, 0) is 16.0 Å². The molecule has 0 aromatic heterocycles. The Morgan fingerprint density at radius 1 is 1.15 bits per heavy atom. The minimum absolute atomic E-state index is 0.0906. The summed E-state index contributed by atoms with van der Waals surface area (Å²) in [7, 11) is 0. The molecule has 20 heavy (non-hydrogen) atoms. The molecule has 1 atom stereocenters. The highest BCUT2D eigenvalue weighted by atomic mass is 16.2. The van der Waals surface area contributed by atoms with Crippen molar-refractivity contribution in [2.45, 2.75) is 25.3 Å². The van der Waals surface area contributed by atoms with Gasteiger partial charge in [0.05, 0.1) is 6.04 Å². The Morgan fingerprint density at radius 2 is 1.80 bits per heavy atom. The van der Waals surface area contributed by atoms with Crippen molar-refractivity contribution in [1.29, 1.82) is 0 Å². The van der Waals surface area contributed by atoms with Crippen LogP contribution in [-0.4, -0.2) is 30.9 Å². The fourth-order valence-corrected chi connectivity index (χ4v) is 1.95. The van der Waals surface area contributed by atoms with E-state index in [1.54, 1.807) is 0 Å². The maximum atomic E-state index is 11.8. The Labute approximate surface area is 118 Å². The number of carbonyl (C=O) groups is 2. The number of nitrogens with two attached hydrogens (primary N) is 1. The molecule has 1 aliphatic carbocycles. The molecule has 0 aliphatic heterocycles. The molecule has 1 aromatic rings. The molecule has 0 unspecified atom stereocenters. The van der Waals surface area contributed by atoms with E-state index in [-0.39, 0.29) is 17.7 Å². The molecule has 2 amide bonds. The molecular formula is C15H21N3O2. The van der Waals surface area contributed by atoms with Crippen LogP contribution in [0.1, 0.15) is 18.4 Å². The van der Waals surface area contributed by atoms with Crippen LogP contribution in [0.4, 0.5) is 0 Å². The fourth-order valence-electron chi connectivity index (χ4n) is 1.95. The second-order valence-electron chi connectivity index (χ2n) is 5.15. The molecule has 1 aromatic carbocycles. The Bertz CT molecular complexity index is 457. The van der Waals surface area contributed by atoms with E-state index in [0.717, 1.165) is 18.4 Å². The molecule has 4 N–H and O–H groups in total. The first-order valence-electron chi connectivity index (χ1n) is 7.02. The summed E-state index contributed by atoms with van der Waals surface area (Å²) in [6.45, 7) is 0.874. The molecule has 2 rings (SSSR count). The van der Waals surface area contributed by atoms with Gasteiger partial charge in [-0.05, 0) is 24.8 Å². The van der Waals surface area contributed by atoms with Crippen molar-refractivity contribution in [3.8, 4) is 0 Å². The van der Waals surface area contributed by atoms with Gasteiger partial charge >= 0.3 is 0 Å². The molecule has 5 heteroatoms. The largest absolute Gasteiger partial charge is 0.354 e. The van der Waals surface area contributed by atoms with Crippen LogP contribution >= 0.6 is 0 Å². The van der Waals surface area contributed by atoms with Gasteiger partial charge in [0.25, 0.3) is 0 Å². The lowest BCUT2D eigenvalue weighted by molar-refractivity contribution is -0.124. The van der Waals surface area contributed by atoms with E-state index in [1.807, 2.05) is 30.3 Å². The average molecular weight is 275 g/mol. The Balaban J connectivity index is 1.62. The van der Waals surface area contributed by atoms with Gasteiger partial charge < -0.3 is 16.4 Å². The maximum absolute atomic E-state index is 11.8. The molecule has 0 radical (unpaired) electrons. The number of amides is 2. The van der Waals surface area contributed by atoms with Crippen molar-refractivity contribution < 1.29 is 9.59 Å². The van der Waals surface area contributed by atoms with Crippen LogP contribution in [0, 0.1) is 5.92 Å². The second kappa shape index (κ2) is 7.05. The Hall–Kier alpha value is -1.88. The molecule has 0 bridgehead atoms. The molecule has 5 nitrogen and oxygen atoms in total. The van der Waals surface area contributed by atoms with E-state index in [0.29, 0.717) is 19.5 Å². The average Bonchev–Trinajstić information content (AvgIpc) is 3.28. The number of hydrogen-bond acceptors (Lipinski definition) is 3. The lowest BCUT2D eigenvalue weighted by Crippen LogP contribution is -2.44. The maximum Gasteiger partial charge on any atom is 0.237 e. The Kier molecular flexibility index (Phi) is 5.12. The monoisotopic (exact) mass is 275 g/mol. The van der Waals surface area contributed by atoms with Crippen molar-refractivity contribution in [2.24, 2.45) is 11.7 Å². The predicted octanol–water partition coefficient (Wildman–Crippen LogP) is 0.199. The van der Waals surface area contributed by atoms with Gasteiger partial charge in [0, 0.05) is 19.0 Å². The quantitative estimate of drug-likeness (QED) is 0.621. The number of nitrogens with one attached hydrogen (secondary N) is 2. The zero-order chi connectivity index (χ0) is 14.4. The first-order chi connectivity index (χ1) is 9.66. The molecule has 1 saturated carbocycles. The lowest BCUT2D eigenvalue weighted by Gasteiger charge is -2.12. The Morgan fingerprint density at radius 3 is 2.45 bits per heavy atom. The summed E-state index contributed by atoms with van der Waals surface area (Å²) in [5.41, 5.74) is 6.89. The normalized spacial score (nSPS) is 15.4. The molecule has 1 fully saturated rings. The predicted molar refractivity (Wildman–Crippen MR) is 76.9 cm³/mol. The molecule has 0 saturated heterocycles. The van der Waals surface area contributed by atoms with E-state index in [1.165, 1.54) is 0 Å². The first kappa shape index (κ1) is 14.5. The SMILES string of the molecule is N[C@H](Cc1ccccc1)C(=O)NCCNC(=O)C1CC1. The molecule has 0 heterocycles. The minimum Gasteiger partial charge on any atom is -0.354 e. The zero-order valence-corrected chi connectivity index (χ0v) is 11.5. The van der Waals surface area contributed by atoms with Gasteiger partial charge in [-0.1, -0.05) is 30.3 Å². The molecule has 108 valence electrons. The van der Waals surface area contributed by atoms with Crippen LogP contribution in [0.25, 0.3) is 0 Å². The van der Waals surface area contributed by atoms with Gasteiger partial charge in [0.15, 0.2) is 0 Å². The van der Waals surface area contributed by atoms with E-state index in [4.69, 9.17) is 5.73 Å². The van der Waals surface area contributed by atoms with Crippen molar-refractivity contribution in [3.63, 3.8) is 0 Å². The van der Waals surface area contributed by atoms with Gasteiger partial charge in [-0.15, -0.1) is 0 Å². The minimum atomic E-state index is -0.559. The van der Waals surface area contributed by atoms with Crippen LogP contribution in [0.15, 0.2) is 30.3 Å². The van der Waals surface area contributed by atoms with E-state index < -0.39 is 6.04 Å². The smallest absolute Gasteiger partial charge is 0.237 e. The summed E-state index contributed by atoms with van der Waals surface area (Å²) >= 11 is 0. The number of hydrogen-bond donors (Lipinski definition) is 3. The zero-order valence-electron chi connectivity index (χ0n) is 11.5. The van der Waals surface area contributed by atoms with Gasteiger partial charge in [-0.2, -0.15) is 0 Å². The number of benzene rings is 1. The van der Waals surface area contributed by atoms with Gasteiger partial charge in [-0.3, -0.25) is 9.59 Å². The second-order valence-corrected chi connectivity index (χ2v) is 5.15. The lowest BCUT2D eigenvalue weighted by atomic mass is 10.1. The topological polar surface area (TPSA) is 84.2 Å². The highest BCUT2D eigenvalue weighted by molar-refractivity contribution is 5.82. The fraction of sp³-hybridized carbons (Fsp3) is 0.467. The van der Waals surface area contributed by atoms with Gasteiger partial charge in [-0.25, -0.2) is 0 Å². The van der Waals surface area contributed by atoms with Crippen molar-refractivity contribution in [3.05, 3.63) is 35.9 Å². The third-order valence-corrected chi connectivity index (χ3v) is 3.31. The highest BCUT2D eigenvalue weighted by Crippen LogP contribution is 2.28. The van der Waals surface area contributed by atoms with Crippen molar-refractivity contribution in [1.82, 2.24) is 10.6 Å². The van der Waals surface area contributed by atoms with Crippen LogP contribution in [0.5, 0.6) is 0 Å². The van der Waals surface area contributed by atoms with E-state index >= 15 is 0 Å². The summed E-state index contributed by atoms with van der Waals surface area (Å²) < 4.78 is 0. The van der Waals surface area contributed by atoms with Crippen molar-refractivity contribution in [2.75, 3.05) is 13.1 Å². The summed E-state index contributed by atoms with van der Waals surface area (Å²) in [4.78, 5) is 23.2. The summed E-state index contributed by atoms with van der Waals surface area (Å²) in [5.74, 6) is 0.105. The summed E-state index contributed by atoms with van der Waals surface area (Å²) in [6, 6.07) is 9.11. The van der Waals surface area contributed by atoms with Crippen LogP contribution < -0.4 is 16.4 Å². The molecule has 0 spiro atoms. The van der Waals surface area contributed by atoms with Gasteiger partial charge in [0.2, 0.25) is 11.8 Å². The van der Waals surface area contributed by atoms with Gasteiger partial charge in [0.1, 0.15) is 0 Å². The highest BCUT2D eigenvalue weighted by Gasteiger charge is 2.29. The van der Waals surface area contributed by atoms with E-state index in [2.05, 4.69) is 10.6 Å². The van der Waals surface area contributed by atoms with E-state index in [9.17, 15) is 9.59 Å². The van der Waals surface area contributed by atoms with Crippen LogP contribution in [0.3, 0.4) is 0 Å². The summed E-state index contributed by atoms with van der Waals surface area (Å²) in [5, 5.41) is 5.53. The third-order valence-electron chi connectivity index (χ3n) is 3.31. The summed E-state index contributed by atoms with van der Waals surface area (Å²) in [6.07, 6.45) is 2.49. The molecule has 1 aliphatic rings.